The van der Waals surface area contributed by atoms with Crippen LogP contribution in [0.25, 0.3) is 0 Å². The monoisotopic (exact) mass is 398 g/mol. The summed E-state index contributed by atoms with van der Waals surface area (Å²) in [6.45, 7) is 10.9. The van der Waals surface area contributed by atoms with Crippen molar-refractivity contribution in [3.05, 3.63) is 42.7 Å². The van der Waals surface area contributed by atoms with E-state index in [2.05, 4.69) is 60.2 Å². The van der Waals surface area contributed by atoms with Crippen LogP contribution >= 0.6 is 11.9 Å². The highest BCUT2D eigenvalue weighted by atomic mass is 32.2. The molecule has 0 spiro atoms. The summed E-state index contributed by atoms with van der Waals surface area (Å²) in [6, 6.07) is 10.6. The summed E-state index contributed by atoms with van der Waals surface area (Å²) in [5.41, 5.74) is 1.38. The van der Waals surface area contributed by atoms with Gasteiger partial charge in [-0.15, -0.1) is 0 Å². The molecule has 150 valence electrons. The fraction of sp³-hybridized carbons (Fsp3) is 0.524. The molecule has 2 aliphatic heterocycles. The lowest BCUT2D eigenvalue weighted by Gasteiger charge is -2.37. The Morgan fingerprint density at radius 1 is 0.929 bits per heavy atom. The molecule has 6 nitrogen and oxygen atoms in total. The predicted molar refractivity (Wildman–Crippen MR) is 117 cm³/mol. The average molecular weight is 399 g/mol. The molecule has 1 aromatic heterocycles. The van der Waals surface area contributed by atoms with Crippen molar-refractivity contribution < 1.29 is 0 Å². The van der Waals surface area contributed by atoms with Crippen LogP contribution in [0.4, 0.5) is 11.6 Å². The van der Waals surface area contributed by atoms with Crippen molar-refractivity contribution in [3.8, 4) is 0 Å². The molecule has 4 rings (SSSR count). The second-order valence-electron chi connectivity index (χ2n) is 7.35. The van der Waals surface area contributed by atoms with Crippen molar-refractivity contribution in [3.63, 3.8) is 0 Å². The first-order chi connectivity index (χ1) is 13.8. The van der Waals surface area contributed by atoms with E-state index in [0.717, 1.165) is 51.9 Å². The van der Waals surface area contributed by atoms with Gasteiger partial charge >= 0.3 is 0 Å². The summed E-state index contributed by atoms with van der Waals surface area (Å²) in [7, 11) is 0. The van der Waals surface area contributed by atoms with Crippen LogP contribution in [0.3, 0.4) is 0 Å². The van der Waals surface area contributed by atoms with E-state index in [4.69, 9.17) is 0 Å². The maximum absolute atomic E-state index is 4.37. The number of anilines is 2. The summed E-state index contributed by atoms with van der Waals surface area (Å²) >= 11 is 1.92. The van der Waals surface area contributed by atoms with Gasteiger partial charge in [-0.25, -0.2) is 14.3 Å². The maximum atomic E-state index is 4.37. The Kier molecular flexibility index (Phi) is 6.67. The van der Waals surface area contributed by atoms with E-state index in [-0.39, 0.29) is 0 Å². The number of rotatable bonds is 7. The van der Waals surface area contributed by atoms with E-state index in [0.29, 0.717) is 0 Å². The first-order valence-electron chi connectivity index (χ1n) is 10.3. The van der Waals surface area contributed by atoms with Gasteiger partial charge in [-0.1, -0.05) is 12.1 Å². The molecule has 0 aliphatic carbocycles. The average Bonchev–Trinajstić information content (AvgIpc) is 2.77. The molecule has 0 radical (unpaired) electrons. The molecule has 1 fully saturated rings. The normalized spacial score (nSPS) is 18.3. The molecule has 2 aromatic rings. The zero-order valence-electron chi connectivity index (χ0n) is 16.7. The van der Waals surface area contributed by atoms with Crippen molar-refractivity contribution in [2.75, 3.05) is 62.3 Å². The first kappa shape index (κ1) is 19.5. The van der Waals surface area contributed by atoms with Gasteiger partial charge in [0.05, 0.1) is 12.4 Å². The van der Waals surface area contributed by atoms with E-state index < -0.39 is 0 Å². The highest BCUT2D eigenvalue weighted by Crippen LogP contribution is 2.37. The predicted octanol–water partition coefficient (Wildman–Crippen LogP) is 3.19. The molecule has 0 saturated carbocycles. The molecule has 0 unspecified atom stereocenters. The van der Waals surface area contributed by atoms with Crippen LogP contribution in [-0.4, -0.2) is 71.7 Å². The molecule has 1 aromatic carbocycles. The smallest absolute Gasteiger partial charge is 0.225 e. The molecule has 2 aliphatic rings. The highest BCUT2D eigenvalue weighted by Gasteiger charge is 2.22. The Morgan fingerprint density at radius 3 is 2.46 bits per heavy atom. The van der Waals surface area contributed by atoms with Crippen molar-refractivity contribution in [2.24, 2.45) is 0 Å². The summed E-state index contributed by atoms with van der Waals surface area (Å²) < 4.78 is 2.51. The van der Waals surface area contributed by atoms with Crippen LogP contribution in [0.5, 0.6) is 0 Å². The number of unbranched alkanes of at least 4 members (excludes halogenated alkanes) is 1. The second-order valence-corrected chi connectivity index (χ2v) is 8.49. The van der Waals surface area contributed by atoms with E-state index in [1.807, 2.05) is 30.4 Å². The molecule has 0 bridgehead atoms. The Labute approximate surface area is 172 Å². The fourth-order valence-corrected chi connectivity index (χ4v) is 4.99. The minimum Gasteiger partial charge on any atom is -0.357 e. The van der Waals surface area contributed by atoms with E-state index in [1.165, 1.54) is 30.0 Å². The van der Waals surface area contributed by atoms with Crippen LogP contribution < -0.4 is 9.80 Å². The van der Waals surface area contributed by atoms with Crippen molar-refractivity contribution in [1.29, 1.82) is 0 Å². The summed E-state index contributed by atoms with van der Waals surface area (Å²) in [5, 5.41) is 0. The minimum absolute atomic E-state index is 0.866. The zero-order chi connectivity index (χ0) is 19.2. The van der Waals surface area contributed by atoms with Gasteiger partial charge in [0.1, 0.15) is 0 Å². The molecule has 0 amide bonds. The van der Waals surface area contributed by atoms with E-state index >= 15 is 0 Å². The Hall–Kier alpha value is -1.83. The molecular weight excluding hydrogens is 368 g/mol. The molecule has 0 atom stereocenters. The van der Waals surface area contributed by atoms with Gasteiger partial charge in [-0.2, -0.15) is 0 Å². The molecule has 3 heterocycles. The number of benzene rings is 1. The van der Waals surface area contributed by atoms with E-state index in [1.54, 1.807) is 0 Å². The molecule has 1 saturated heterocycles. The second kappa shape index (κ2) is 9.58. The number of fused-ring (bicyclic) bond motifs is 1. The maximum Gasteiger partial charge on any atom is 0.225 e. The number of aromatic nitrogens is 2. The largest absolute Gasteiger partial charge is 0.357 e. The molecule has 28 heavy (non-hydrogen) atoms. The number of para-hydroxylation sites is 1. The molecular formula is C21H30N6S. The van der Waals surface area contributed by atoms with Gasteiger partial charge in [-0.3, -0.25) is 4.90 Å². The standard InChI is InChI=1S/C21H30N6S/c1-2-25-18-27(28-20-9-4-3-8-19(20)25)13-6-5-12-24-14-16-26(17-15-24)21-22-10-7-11-23-21/h3-4,7-11H,2,5-6,12-18H2,1H3. The van der Waals surface area contributed by atoms with Crippen LogP contribution in [0.15, 0.2) is 47.6 Å². The number of piperazine rings is 1. The third-order valence-corrected chi connectivity index (χ3v) is 6.58. The van der Waals surface area contributed by atoms with Gasteiger partial charge < -0.3 is 9.80 Å². The highest BCUT2D eigenvalue weighted by molar-refractivity contribution is 7.97. The van der Waals surface area contributed by atoms with Crippen LogP contribution in [0, 0.1) is 0 Å². The number of hydrogen-bond donors (Lipinski definition) is 0. The summed E-state index contributed by atoms with van der Waals surface area (Å²) in [6.07, 6.45) is 6.15. The van der Waals surface area contributed by atoms with Crippen LogP contribution in [0.1, 0.15) is 19.8 Å². The van der Waals surface area contributed by atoms with Crippen molar-refractivity contribution in [1.82, 2.24) is 19.2 Å². The summed E-state index contributed by atoms with van der Waals surface area (Å²) in [5.74, 6) is 0.866. The fourth-order valence-electron chi connectivity index (χ4n) is 3.87. The van der Waals surface area contributed by atoms with Crippen molar-refractivity contribution in [2.45, 2.75) is 24.7 Å². The molecule has 0 N–H and O–H groups in total. The first-order valence-corrected chi connectivity index (χ1v) is 11.1. The van der Waals surface area contributed by atoms with Crippen LogP contribution in [-0.2, 0) is 0 Å². The Balaban J connectivity index is 1.17. The summed E-state index contributed by atoms with van der Waals surface area (Å²) in [4.78, 5) is 17.5. The topological polar surface area (TPSA) is 38.7 Å². The van der Waals surface area contributed by atoms with Gasteiger partial charge in [0.15, 0.2) is 0 Å². The van der Waals surface area contributed by atoms with Gasteiger partial charge in [0.25, 0.3) is 0 Å². The third-order valence-electron chi connectivity index (χ3n) is 5.48. The third kappa shape index (κ3) is 4.77. The van der Waals surface area contributed by atoms with Gasteiger partial charge in [0, 0.05) is 56.6 Å². The van der Waals surface area contributed by atoms with E-state index in [9.17, 15) is 0 Å². The Morgan fingerprint density at radius 2 is 1.68 bits per heavy atom. The Bertz CT molecular complexity index is 735. The minimum atomic E-state index is 0.866. The lowest BCUT2D eigenvalue weighted by atomic mass is 10.2. The van der Waals surface area contributed by atoms with Gasteiger partial charge in [0.2, 0.25) is 5.95 Å². The number of hydrogen-bond acceptors (Lipinski definition) is 7. The lowest BCUT2D eigenvalue weighted by Crippen LogP contribution is -2.47. The SMILES string of the molecule is CCN1CN(CCCCN2CCN(c3ncccn3)CC2)Sc2ccccc21. The van der Waals surface area contributed by atoms with Crippen LogP contribution in [0.2, 0.25) is 0 Å². The van der Waals surface area contributed by atoms with Gasteiger partial charge in [-0.05, 0) is 56.5 Å². The zero-order valence-corrected chi connectivity index (χ0v) is 17.5. The quantitative estimate of drug-likeness (QED) is 0.524. The number of nitrogens with zero attached hydrogens (tertiary/aromatic N) is 6. The lowest BCUT2D eigenvalue weighted by molar-refractivity contribution is 0.249. The molecule has 7 heteroatoms. The van der Waals surface area contributed by atoms with Crippen molar-refractivity contribution >= 4 is 23.6 Å².